The summed E-state index contributed by atoms with van der Waals surface area (Å²) in [6, 6.07) is 12.6. The van der Waals surface area contributed by atoms with Crippen LogP contribution in [-0.2, 0) is 14.7 Å². The third-order valence-corrected chi connectivity index (χ3v) is 5.46. The molecule has 10 heteroatoms. The summed E-state index contributed by atoms with van der Waals surface area (Å²) in [7, 11) is -8.82. The van der Waals surface area contributed by atoms with Gasteiger partial charge < -0.3 is 20.2 Å². The highest BCUT2D eigenvalue weighted by Gasteiger charge is 2.17. The third-order valence-electron chi connectivity index (χ3n) is 3.68. The first kappa shape index (κ1) is 18.4. The largest absolute Gasteiger partial charge is 0.507 e. The molecule has 0 aliphatic carbocycles. The summed E-state index contributed by atoms with van der Waals surface area (Å²) in [6.45, 7) is 0. The lowest BCUT2D eigenvalue weighted by molar-refractivity contribution is 0.387. The molecule has 3 aromatic carbocycles. The fraction of sp³-hybridized carbons (Fsp3) is 0. The minimum absolute atomic E-state index is 0.135. The van der Waals surface area contributed by atoms with Gasteiger partial charge in [0.05, 0.1) is 10.2 Å². The number of hydrogen-bond acceptors (Lipinski definition) is 5. The lowest BCUT2D eigenvalue weighted by atomic mass is 10.1. The highest BCUT2D eigenvalue weighted by atomic mass is 32.2. The quantitative estimate of drug-likeness (QED) is 0.334. The number of rotatable bonds is 4. The molecule has 0 aromatic heterocycles. The van der Waals surface area contributed by atoms with Crippen LogP contribution >= 0.6 is 7.60 Å². The van der Waals surface area contributed by atoms with Gasteiger partial charge in [-0.15, -0.1) is 0 Å². The second-order valence-corrected chi connectivity index (χ2v) is 8.60. The highest BCUT2D eigenvalue weighted by Crippen LogP contribution is 2.35. The predicted molar refractivity (Wildman–Crippen MR) is 96.8 cm³/mol. The molecular weight excluding hydrogens is 381 g/mol. The van der Waals surface area contributed by atoms with E-state index in [1.54, 1.807) is 24.3 Å². The van der Waals surface area contributed by atoms with Crippen LogP contribution in [0.5, 0.6) is 5.75 Å². The maximum absolute atomic E-state index is 11.3. The van der Waals surface area contributed by atoms with Crippen molar-refractivity contribution in [2.75, 3.05) is 5.32 Å². The molecule has 0 atom stereocenters. The summed E-state index contributed by atoms with van der Waals surface area (Å²) in [5.41, 5.74) is 0.939. The van der Waals surface area contributed by atoms with E-state index in [1.807, 2.05) is 0 Å². The van der Waals surface area contributed by atoms with Crippen molar-refractivity contribution in [3.8, 4) is 5.75 Å². The van der Waals surface area contributed by atoms with Gasteiger partial charge in [0.15, 0.2) is 0 Å². The van der Waals surface area contributed by atoms with E-state index in [2.05, 4.69) is 5.32 Å². The minimum atomic E-state index is -4.44. The second-order valence-electron chi connectivity index (χ2n) is 5.57. The number of phenols is 1. The molecule has 0 unspecified atom stereocenters. The maximum atomic E-state index is 11.3. The molecule has 0 fully saturated rings. The lowest BCUT2D eigenvalue weighted by Gasteiger charge is -2.11. The van der Waals surface area contributed by atoms with Gasteiger partial charge in [-0.05, 0) is 41.8 Å². The molecule has 0 radical (unpaired) electrons. The summed E-state index contributed by atoms with van der Waals surface area (Å²) >= 11 is 0. The van der Waals surface area contributed by atoms with Gasteiger partial charge in [-0.2, -0.15) is 8.42 Å². The average molecular weight is 395 g/mol. The van der Waals surface area contributed by atoms with E-state index in [1.165, 1.54) is 24.3 Å². The number of nitrogens with one attached hydrogen (secondary N) is 1. The maximum Gasteiger partial charge on any atom is 0.356 e. The Morgan fingerprint density at radius 2 is 1.62 bits per heavy atom. The zero-order chi connectivity index (χ0) is 19.1. The first-order valence-corrected chi connectivity index (χ1v) is 10.3. The summed E-state index contributed by atoms with van der Waals surface area (Å²) < 4.78 is 42.9. The SMILES string of the molecule is O=P(O)(O)c1cccc(Nc2ccc3cc(S(=O)(=O)O)cc(O)c3c2)c1. The number of benzene rings is 3. The van der Waals surface area contributed by atoms with E-state index in [9.17, 15) is 27.9 Å². The fourth-order valence-electron chi connectivity index (χ4n) is 2.47. The van der Waals surface area contributed by atoms with Gasteiger partial charge in [-0.25, -0.2) is 0 Å². The Kier molecular flexibility index (Phi) is 4.51. The van der Waals surface area contributed by atoms with Gasteiger partial charge in [-0.1, -0.05) is 12.1 Å². The number of phenolic OH excluding ortho intramolecular Hbond substituents is 1. The molecule has 0 aliphatic rings. The van der Waals surface area contributed by atoms with E-state index >= 15 is 0 Å². The van der Waals surface area contributed by atoms with E-state index in [0.29, 0.717) is 22.1 Å². The van der Waals surface area contributed by atoms with Gasteiger partial charge in [0, 0.05) is 22.8 Å². The predicted octanol–water partition coefficient (Wildman–Crippen LogP) is 2.34. The zero-order valence-corrected chi connectivity index (χ0v) is 14.8. The van der Waals surface area contributed by atoms with Crippen molar-refractivity contribution in [1.82, 2.24) is 0 Å². The summed E-state index contributed by atoms with van der Waals surface area (Å²) in [6.07, 6.45) is 0. The van der Waals surface area contributed by atoms with Crippen LogP contribution in [0.4, 0.5) is 11.4 Å². The van der Waals surface area contributed by atoms with Crippen LogP contribution in [0.1, 0.15) is 0 Å². The average Bonchev–Trinajstić information content (AvgIpc) is 2.54. The molecular formula is C16H14NO7PS. The molecule has 136 valence electrons. The molecule has 0 heterocycles. The number of anilines is 2. The summed E-state index contributed by atoms with van der Waals surface area (Å²) in [5.74, 6) is -0.331. The van der Waals surface area contributed by atoms with Gasteiger partial charge in [0.1, 0.15) is 5.75 Å². The first-order valence-electron chi connectivity index (χ1n) is 7.21. The molecule has 26 heavy (non-hydrogen) atoms. The van der Waals surface area contributed by atoms with Gasteiger partial charge >= 0.3 is 7.60 Å². The lowest BCUT2D eigenvalue weighted by Crippen LogP contribution is -2.04. The van der Waals surface area contributed by atoms with Crippen molar-refractivity contribution in [2.24, 2.45) is 0 Å². The molecule has 0 bridgehead atoms. The minimum Gasteiger partial charge on any atom is -0.507 e. The van der Waals surface area contributed by atoms with Crippen LogP contribution in [0.2, 0.25) is 0 Å². The number of aromatic hydroxyl groups is 1. The number of fused-ring (bicyclic) bond motifs is 1. The Labute approximate surface area is 148 Å². The Morgan fingerprint density at radius 3 is 2.27 bits per heavy atom. The van der Waals surface area contributed by atoms with Crippen LogP contribution in [0.25, 0.3) is 10.8 Å². The van der Waals surface area contributed by atoms with Gasteiger partial charge in [-0.3, -0.25) is 9.12 Å². The number of hydrogen-bond donors (Lipinski definition) is 5. The molecule has 8 nitrogen and oxygen atoms in total. The third kappa shape index (κ3) is 3.87. The monoisotopic (exact) mass is 395 g/mol. The Balaban J connectivity index is 2.00. The Hall–Kier alpha value is -2.42. The smallest absolute Gasteiger partial charge is 0.356 e. The van der Waals surface area contributed by atoms with Crippen LogP contribution in [0.3, 0.4) is 0 Å². The standard InChI is InChI=1S/C16H14NO7PS/c18-16-9-14(26(22,23)24)6-10-4-5-12(8-15(10)16)17-11-2-1-3-13(7-11)25(19,20)21/h1-9,17-18H,(H2,19,20,21)(H,22,23,24). The van der Waals surface area contributed by atoms with E-state index < -0.39 is 22.6 Å². The van der Waals surface area contributed by atoms with Crippen LogP contribution in [-0.4, -0.2) is 27.9 Å². The highest BCUT2D eigenvalue weighted by molar-refractivity contribution is 7.85. The first-order chi connectivity index (χ1) is 12.0. The van der Waals surface area contributed by atoms with Crippen molar-refractivity contribution >= 4 is 45.2 Å². The van der Waals surface area contributed by atoms with E-state index in [-0.39, 0.29) is 11.1 Å². The van der Waals surface area contributed by atoms with Gasteiger partial charge in [0.2, 0.25) is 0 Å². The van der Waals surface area contributed by atoms with Crippen molar-refractivity contribution in [3.05, 3.63) is 54.6 Å². The van der Waals surface area contributed by atoms with E-state index in [0.717, 1.165) is 6.07 Å². The van der Waals surface area contributed by atoms with Crippen LogP contribution in [0.15, 0.2) is 59.5 Å². The van der Waals surface area contributed by atoms with Crippen molar-refractivity contribution < 1.29 is 32.4 Å². The molecule has 0 saturated carbocycles. The molecule has 5 N–H and O–H groups in total. The Bertz CT molecular complexity index is 1150. The molecule has 0 spiro atoms. The Morgan fingerprint density at radius 1 is 0.923 bits per heavy atom. The summed E-state index contributed by atoms with van der Waals surface area (Å²) in [4.78, 5) is 18.0. The molecule has 0 amide bonds. The van der Waals surface area contributed by atoms with Crippen molar-refractivity contribution in [2.45, 2.75) is 4.90 Å². The molecule has 0 saturated heterocycles. The normalized spacial score (nSPS) is 12.3. The van der Waals surface area contributed by atoms with Crippen LogP contribution < -0.4 is 10.6 Å². The molecule has 0 aliphatic heterocycles. The van der Waals surface area contributed by atoms with E-state index in [4.69, 9.17) is 4.55 Å². The molecule has 3 aromatic rings. The van der Waals surface area contributed by atoms with Crippen LogP contribution in [0, 0.1) is 0 Å². The van der Waals surface area contributed by atoms with Crippen molar-refractivity contribution in [1.29, 1.82) is 0 Å². The van der Waals surface area contributed by atoms with Crippen molar-refractivity contribution in [3.63, 3.8) is 0 Å². The topological polar surface area (TPSA) is 144 Å². The van der Waals surface area contributed by atoms with Gasteiger partial charge in [0.25, 0.3) is 10.1 Å². The molecule has 3 rings (SSSR count). The summed E-state index contributed by atoms with van der Waals surface area (Å²) in [5, 5.41) is 13.6. The fourth-order valence-corrected chi connectivity index (χ4v) is 3.59. The second kappa shape index (κ2) is 6.39. The zero-order valence-electron chi connectivity index (χ0n) is 13.1.